The predicted octanol–water partition coefficient (Wildman–Crippen LogP) is 2.37. The molecule has 0 aliphatic heterocycles. The highest BCUT2D eigenvalue weighted by Crippen LogP contribution is 2.17. The van der Waals surface area contributed by atoms with Gasteiger partial charge < -0.3 is 9.30 Å². The van der Waals surface area contributed by atoms with Gasteiger partial charge in [0, 0.05) is 13.7 Å². The van der Waals surface area contributed by atoms with Crippen LogP contribution in [0.5, 0.6) is 0 Å². The minimum Gasteiger partial charge on any atom is -0.374 e. The average Bonchev–Trinajstić information content (AvgIpc) is 2.66. The zero-order valence-electron chi connectivity index (χ0n) is 10.1. The molecule has 4 heteroatoms. The lowest BCUT2D eigenvalue weighted by Gasteiger charge is -2.02. The van der Waals surface area contributed by atoms with Gasteiger partial charge in [-0.15, -0.1) is 0 Å². The third-order valence-electron chi connectivity index (χ3n) is 2.68. The number of nitriles is 1. The highest BCUT2D eigenvalue weighted by atomic mass is 16.5. The Morgan fingerprint density at radius 3 is 3.00 bits per heavy atom. The lowest BCUT2D eigenvalue weighted by Crippen LogP contribution is -2.01. The van der Waals surface area contributed by atoms with E-state index in [2.05, 4.69) is 18.0 Å². The summed E-state index contributed by atoms with van der Waals surface area (Å²) in [5.74, 6) is 0.892. The molecular weight excluding hydrogens is 214 g/mol. The maximum absolute atomic E-state index is 8.86. The van der Waals surface area contributed by atoms with E-state index in [1.54, 1.807) is 6.07 Å². The molecule has 1 aromatic heterocycles. The van der Waals surface area contributed by atoms with Gasteiger partial charge in [-0.2, -0.15) is 5.26 Å². The van der Waals surface area contributed by atoms with Gasteiger partial charge >= 0.3 is 0 Å². The molecule has 0 atom stereocenters. The fourth-order valence-electron chi connectivity index (χ4n) is 1.75. The first-order valence-corrected chi connectivity index (χ1v) is 5.69. The minimum atomic E-state index is 0.515. The number of hydrogen-bond acceptors (Lipinski definition) is 3. The molecule has 2 aromatic rings. The van der Waals surface area contributed by atoms with Gasteiger partial charge in [0.25, 0.3) is 0 Å². The lowest BCUT2D eigenvalue weighted by atomic mass is 10.2. The summed E-state index contributed by atoms with van der Waals surface area (Å²) in [7, 11) is 1.95. The summed E-state index contributed by atoms with van der Waals surface area (Å²) >= 11 is 0. The monoisotopic (exact) mass is 229 g/mol. The fraction of sp³-hybridized carbons (Fsp3) is 0.385. The molecule has 1 heterocycles. The van der Waals surface area contributed by atoms with E-state index in [1.165, 1.54) is 0 Å². The quantitative estimate of drug-likeness (QED) is 0.756. The summed E-state index contributed by atoms with van der Waals surface area (Å²) < 4.78 is 7.47. The third kappa shape index (κ3) is 2.29. The summed E-state index contributed by atoms with van der Waals surface area (Å²) in [5, 5.41) is 8.86. The van der Waals surface area contributed by atoms with Crippen molar-refractivity contribution in [2.45, 2.75) is 20.0 Å². The van der Waals surface area contributed by atoms with Crippen LogP contribution < -0.4 is 0 Å². The van der Waals surface area contributed by atoms with Crippen LogP contribution in [0.2, 0.25) is 0 Å². The molecule has 0 saturated carbocycles. The molecule has 0 spiro atoms. The highest BCUT2D eigenvalue weighted by Gasteiger charge is 2.08. The standard InChI is InChI=1S/C13H15N3O/c1-3-6-17-9-13-15-11-5-4-10(8-14)7-12(11)16(13)2/h4-5,7H,3,6,9H2,1-2H3. The molecule has 0 aliphatic rings. The number of rotatable bonds is 4. The molecule has 88 valence electrons. The van der Waals surface area contributed by atoms with Crippen LogP contribution in [0.3, 0.4) is 0 Å². The third-order valence-corrected chi connectivity index (χ3v) is 2.68. The Morgan fingerprint density at radius 2 is 2.29 bits per heavy atom. The molecule has 0 fully saturated rings. The Morgan fingerprint density at radius 1 is 1.47 bits per heavy atom. The molecule has 0 amide bonds. The number of fused-ring (bicyclic) bond motifs is 1. The van der Waals surface area contributed by atoms with Crippen LogP contribution >= 0.6 is 0 Å². The molecule has 2 rings (SSSR count). The first kappa shape index (κ1) is 11.6. The van der Waals surface area contributed by atoms with Crippen LogP contribution in [0.15, 0.2) is 18.2 Å². The van der Waals surface area contributed by atoms with Crippen LogP contribution in [0, 0.1) is 11.3 Å². The maximum Gasteiger partial charge on any atom is 0.135 e. The molecule has 17 heavy (non-hydrogen) atoms. The Balaban J connectivity index is 2.33. The molecule has 0 saturated heterocycles. The summed E-state index contributed by atoms with van der Waals surface area (Å²) in [6.45, 7) is 3.33. The van der Waals surface area contributed by atoms with Gasteiger partial charge in [0.05, 0.1) is 22.7 Å². The van der Waals surface area contributed by atoms with Gasteiger partial charge in [-0.1, -0.05) is 6.92 Å². The summed E-state index contributed by atoms with van der Waals surface area (Å²) in [4.78, 5) is 4.49. The van der Waals surface area contributed by atoms with Crippen molar-refractivity contribution in [2.24, 2.45) is 7.05 Å². The number of ether oxygens (including phenoxy) is 1. The molecule has 0 aliphatic carbocycles. The molecule has 0 radical (unpaired) electrons. The molecule has 0 bridgehead atoms. The number of nitrogens with zero attached hydrogens (tertiary/aromatic N) is 3. The second-order valence-corrected chi connectivity index (χ2v) is 3.95. The van der Waals surface area contributed by atoms with Crippen LogP contribution in [0.1, 0.15) is 24.7 Å². The molecule has 0 unspecified atom stereocenters. The summed E-state index contributed by atoms with van der Waals surface area (Å²) in [6, 6.07) is 7.64. The summed E-state index contributed by atoms with van der Waals surface area (Å²) in [6.07, 6.45) is 1.00. The SMILES string of the molecule is CCCOCc1nc2ccc(C#N)cc2n1C. The number of imidazole rings is 1. The Hall–Kier alpha value is -1.86. The van der Waals surface area contributed by atoms with Crippen molar-refractivity contribution < 1.29 is 4.74 Å². The van der Waals surface area contributed by atoms with Crippen molar-refractivity contribution in [2.75, 3.05) is 6.61 Å². The number of aryl methyl sites for hydroxylation is 1. The van der Waals surface area contributed by atoms with E-state index in [0.29, 0.717) is 12.2 Å². The van der Waals surface area contributed by atoms with Crippen LogP contribution in [0.4, 0.5) is 0 Å². The second kappa shape index (κ2) is 4.98. The number of hydrogen-bond donors (Lipinski definition) is 0. The van der Waals surface area contributed by atoms with E-state index in [-0.39, 0.29) is 0 Å². The van der Waals surface area contributed by atoms with Crippen molar-refractivity contribution in [3.63, 3.8) is 0 Å². The molecular formula is C13H15N3O. The van der Waals surface area contributed by atoms with Crippen molar-refractivity contribution in [3.8, 4) is 6.07 Å². The number of aromatic nitrogens is 2. The Labute approximate surface area is 100 Å². The predicted molar refractivity (Wildman–Crippen MR) is 65.4 cm³/mol. The first-order chi connectivity index (χ1) is 8.26. The smallest absolute Gasteiger partial charge is 0.135 e. The highest BCUT2D eigenvalue weighted by molar-refractivity contribution is 5.77. The fourth-order valence-corrected chi connectivity index (χ4v) is 1.75. The maximum atomic E-state index is 8.86. The minimum absolute atomic E-state index is 0.515. The largest absolute Gasteiger partial charge is 0.374 e. The summed E-state index contributed by atoms with van der Waals surface area (Å²) in [5.41, 5.74) is 2.53. The topological polar surface area (TPSA) is 50.8 Å². The van der Waals surface area contributed by atoms with Gasteiger partial charge in [0.2, 0.25) is 0 Å². The van der Waals surface area contributed by atoms with Crippen molar-refractivity contribution >= 4 is 11.0 Å². The lowest BCUT2D eigenvalue weighted by molar-refractivity contribution is 0.114. The second-order valence-electron chi connectivity index (χ2n) is 3.95. The van der Waals surface area contributed by atoms with Crippen molar-refractivity contribution in [1.29, 1.82) is 5.26 Å². The van der Waals surface area contributed by atoms with Crippen molar-refractivity contribution in [1.82, 2.24) is 9.55 Å². The first-order valence-electron chi connectivity index (χ1n) is 5.69. The zero-order chi connectivity index (χ0) is 12.3. The zero-order valence-corrected chi connectivity index (χ0v) is 10.1. The normalized spacial score (nSPS) is 10.6. The Kier molecular flexibility index (Phi) is 3.40. The Bertz CT molecular complexity index is 566. The van der Waals surface area contributed by atoms with Crippen LogP contribution in [0.25, 0.3) is 11.0 Å². The van der Waals surface area contributed by atoms with E-state index in [4.69, 9.17) is 10.00 Å². The number of benzene rings is 1. The molecule has 4 nitrogen and oxygen atoms in total. The van der Waals surface area contributed by atoms with E-state index < -0.39 is 0 Å². The van der Waals surface area contributed by atoms with Crippen LogP contribution in [-0.2, 0) is 18.4 Å². The van der Waals surface area contributed by atoms with E-state index >= 15 is 0 Å². The molecule has 0 N–H and O–H groups in total. The van der Waals surface area contributed by atoms with Gasteiger partial charge in [0.1, 0.15) is 12.4 Å². The van der Waals surface area contributed by atoms with Crippen molar-refractivity contribution in [3.05, 3.63) is 29.6 Å². The van der Waals surface area contributed by atoms with E-state index in [1.807, 2.05) is 23.7 Å². The molecule has 1 aromatic carbocycles. The van der Waals surface area contributed by atoms with Crippen LogP contribution in [-0.4, -0.2) is 16.2 Å². The van der Waals surface area contributed by atoms with Gasteiger partial charge in [-0.05, 0) is 24.6 Å². The average molecular weight is 229 g/mol. The van der Waals surface area contributed by atoms with Gasteiger partial charge in [-0.25, -0.2) is 4.98 Å². The van der Waals surface area contributed by atoms with Gasteiger partial charge in [-0.3, -0.25) is 0 Å². The van der Waals surface area contributed by atoms with Gasteiger partial charge in [0.15, 0.2) is 0 Å². The van der Waals surface area contributed by atoms with E-state index in [9.17, 15) is 0 Å². The van der Waals surface area contributed by atoms with E-state index in [0.717, 1.165) is 29.9 Å².